The molecule has 45 heavy (non-hydrogen) atoms. The molecule has 2 aliphatic carbocycles. The van der Waals surface area contributed by atoms with Gasteiger partial charge in [-0.15, -0.1) is 0 Å². The standard InChI is InChI=1S/C36H38F6O3/c1-3-5-23-14-15-26(32(39)30(23)37)27-17-19-29(35(42)33(27)40)45-36(43)24-12-8-21(9-13-24)20-6-10-22(11-7-20)25-16-18-28(44-4-2)34(41)31(25)38/h14-22,24H,3-13H2,1-2H3. The van der Waals surface area contributed by atoms with Crippen molar-refractivity contribution in [1.29, 1.82) is 0 Å². The molecule has 0 aromatic heterocycles. The van der Waals surface area contributed by atoms with Crippen LogP contribution in [-0.4, -0.2) is 12.6 Å². The van der Waals surface area contributed by atoms with Crippen molar-refractivity contribution >= 4 is 5.97 Å². The summed E-state index contributed by atoms with van der Waals surface area (Å²) in [5, 5.41) is 0. The summed E-state index contributed by atoms with van der Waals surface area (Å²) in [6.07, 6.45) is 6.78. The van der Waals surface area contributed by atoms with Crippen LogP contribution in [0.2, 0.25) is 0 Å². The van der Waals surface area contributed by atoms with Gasteiger partial charge in [-0.05, 0) is 112 Å². The molecule has 0 radical (unpaired) electrons. The fraction of sp³-hybridized carbons (Fsp3) is 0.472. The minimum Gasteiger partial charge on any atom is -0.491 e. The van der Waals surface area contributed by atoms with Crippen LogP contribution in [-0.2, 0) is 11.2 Å². The quantitative estimate of drug-likeness (QED) is 0.134. The highest BCUT2D eigenvalue weighted by atomic mass is 19.2. The Morgan fingerprint density at radius 3 is 1.82 bits per heavy atom. The van der Waals surface area contributed by atoms with Gasteiger partial charge in [-0.2, -0.15) is 8.78 Å². The molecule has 0 unspecified atom stereocenters. The van der Waals surface area contributed by atoms with Gasteiger partial charge in [-0.25, -0.2) is 17.6 Å². The van der Waals surface area contributed by atoms with Crippen LogP contribution in [0.25, 0.3) is 11.1 Å². The molecule has 2 fully saturated rings. The van der Waals surface area contributed by atoms with E-state index in [0.717, 1.165) is 50.7 Å². The summed E-state index contributed by atoms with van der Waals surface area (Å²) in [4.78, 5) is 12.9. The molecular formula is C36H38F6O3. The lowest BCUT2D eigenvalue weighted by Crippen LogP contribution is -2.30. The normalized spacial score (nSPS) is 21.9. The maximum atomic E-state index is 15.0. The lowest BCUT2D eigenvalue weighted by Gasteiger charge is -2.37. The Morgan fingerprint density at radius 1 is 0.644 bits per heavy atom. The molecule has 0 N–H and O–H groups in total. The first-order chi connectivity index (χ1) is 21.6. The average Bonchev–Trinajstić information content (AvgIpc) is 3.05. The fourth-order valence-electron chi connectivity index (χ4n) is 7.13. The minimum atomic E-state index is -1.44. The van der Waals surface area contributed by atoms with Gasteiger partial charge in [0.1, 0.15) is 0 Å². The predicted octanol–water partition coefficient (Wildman–Crippen LogP) is 10.2. The minimum absolute atomic E-state index is 0.0599. The zero-order valence-corrected chi connectivity index (χ0v) is 25.5. The number of carbonyl (C=O) groups is 1. The molecule has 9 heteroatoms. The molecule has 3 aromatic carbocycles. The zero-order chi connectivity index (χ0) is 32.2. The lowest BCUT2D eigenvalue weighted by molar-refractivity contribution is -0.140. The fourth-order valence-corrected chi connectivity index (χ4v) is 7.13. The van der Waals surface area contributed by atoms with Crippen LogP contribution in [0.15, 0.2) is 36.4 Å². The van der Waals surface area contributed by atoms with Gasteiger partial charge in [0, 0.05) is 11.1 Å². The van der Waals surface area contributed by atoms with Crippen LogP contribution in [0, 0.1) is 52.7 Å². The van der Waals surface area contributed by atoms with E-state index in [1.54, 1.807) is 13.0 Å². The van der Waals surface area contributed by atoms with E-state index in [1.807, 2.05) is 6.92 Å². The molecule has 0 aliphatic heterocycles. The molecule has 0 amide bonds. The number of ether oxygens (including phenoxy) is 2. The van der Waals surface area contributed by atoms with Gasteiger partial charge in [0.25, 0.3) is 0 Å². The molecule has 2 aliphatic rings. The van der Waals surface area contributed by atoms with Gasteiger partial charge in [0.15, 0.2) is 34.8 Å². The number of hydrogen-bond acceptors (Lipinski definition) is 3. The molecule has 0 bridgehead atoms. The number of aryl methyl sites for hydroxylation is 1. The summed E-state index contributed by atoms with van der Waals surface area (Å²) >= 11 is 0. The second kappa shape index (κ2) is 14.3. The van der Waals surface area contributed by atoms with Crippen molar-refractivity contribution in [2.45, 2.75) is 84.0 Å². The first-order valence-electron chi connectivity index (χ1n) is 15.9. The third-order valence-electron chi connectivity index (χ3n) is 9.59. The van der Waals surface area contributed by atoms with Gasteiger partial charge in [0.2, 0.25) is 11.6 Å². The van der Waals surface area contributed by atoms with Crippen LogP contribution < -0.4 is 9.47 Å². The summed E-state index contributed by atoms with van der Waals surface area (Å²) in [6.45, 7) is 3.78. The van der Waals surface area contributed by atoms with E-state index in [9.17, 15) is 31.1 Å². The highest BCUT2D eigenvalue weighted by Crippen LogP contribution is 2.45. The Hall–Kier alpha value is -3.49. The molecule has 0 heterocycles. The Bertz CT molecular complexity index is 1520. The van der Waals surface area contributed by atoms with Crippen molar-refractivity contribution in [3.05, 3.63) is 82.4 Å². The van der Waals surface area contributed by atoms with Crippen molar-refractivity contribution in [1.82, 2.24) is 0 Å². The molecule has 3 nitrogen and oxygen atoms in total. The topological polar surface area (TPSA) is 35.5 Å². The van der Waals surface area contributed by atoms with Crippen LogP contribution in [0.1, 0.15) is 88.7 Å². The highest BCUT2D eigenvalue weighted by Gasteiger charge is 2.35. The SMILES string of the molecule is CCCc1ccc(-c2ccc(OC(=O)C3CCC(C4CCC(c5ccc(OCC)c(F)c5F)CC4)CC3)c(F)c2F)c(F)c1F. The number of hydrogen-bond donors (Lipinski definition) is 0. The van der Waals surface area contributed by atoms with Crippen molar-refractivity contribution in [3.63, 3.8) is 0 Å². The van der Waals surface area contributed by atoms with E-state index in [0.29, 0.717) is 43.1 Å². The van der Waals surface area contributed by atoms with E-state index in [4.69, 9.17) is 9.47 Å². The largest absolute Gasteiger partial charge is 0.491 e. The average molecular weight is 633 g/mol. The maximum Gasteiger partial charge on any atom is 0.314 e. The van der Waals surface area contributed by atoms with Crippen molar-refractivity contribution in [3.8, 4) is 22.6 Å². The monoisotopic (exact) mass is 632 g/mol. The van der Waals surface area contributed by atoms with E-state index in [-0.39, 0.29) is 23.8 Å². The zero-order valence-electron chi connectivity index (χ0n) is 25.5. The summed E-state index contributed by atoms with van der Waals surface area (Å²) in [6, 6.07) is 7.83. The molecule has 5 rings (SSSR count). The summed E-state index contributed by atoms with van der Waals surface area (Å²) in [7, 11) is 0. The molecule has 2 saturated carbocycles. The van der Waals surface area contributed by atoms with Crippen molar-refractivity contribution in [2.75, 3.05) is 6.61 Å². The molecule has 0 saturated heterocycles. The van der Waals surface area contributed by atoms with Gasteiger partial charge in [-0.3, -0.25) is 4.79 Å². The van der Waals surface area contributed by atoms with Crippen molar-refractivity contribution in [2.24, 2.45) is 17.8 Å². The smallest absolute Gasteiger partial charge is 0.314 e. The first kappa shape index (κ1) is 32.9. The number of carbonyl (C=O) groups excluding carboxylic acids is 1. The van der Waals surface area contributed by atoms with Crippen LogP contribution in [0.3, 0.4) is 0 Å². The van der Waals surface area contributed by atoms with Crippen LogP contribution in [0.4, 0.5) is 26.3 Å². The second-order valence-electron chi connectivity index (χ2n) is 12.2. The van der Waals surface area contributed by atoms with Gasteiger partial charge in [0.05, 0.1) is 12.5 Å². The van der Waals surface area contributed by atoms with Crippen molar-refractivity contribution < 1.29 is 40.6 Å². The Morgan fingerprint density at radius 2 is 1.20 bits per heavy atom. The number of benzene rings is 3. The third kappa shape index (κ3) is 6.87. The highest BCUT2D eigenvalue weighted by molar-refractivity contribution is 5.76. The van der Waals surface area contributed by atoms with Gasteiger partial charge < -0.3 is 9.47 Å². The number of esters is 1. The molecule has 0 spiro atoms. The lowest BCUT2D eigenvalue weighted by atomic mass is 9.68. The Labute approximate surface area is 259 Å². The number of rotatable bonds is 9. The van der Waals surface area contributed by atoms with E-state index < -0.39 is 63.7 Å². The van der Waals surface area contributed by atoms with Gasteiger partial charge in [-0.1, -0.05) is 31.5 Å². The van der Waals surface area contributed by atoms with Crippen LogP contribution in [0.5, 0.6) is 11.5 Å². The van der Waals surface area contributed by atoms with Gasteiger partial charge >= 0.3 is 5.97 Å². The first-order valence-corrected chi connectivity index (χ1v) is 15.9. The van der Waals surface area contributed by atoms with Crippen LogP contribution >= 0.6 is 0 Å². The van der Waals surface area contributed by atoms with E-state index >= 15 is 0 Å². The summed E-state index contributed by atoms with van der Waals surface area (Å²) in [5.41, 5.74) is -0.327. The molecule has 0 atom stereocenters. The molecule has 3 aromatic rings. The predicted molar refractivity (Wildman–Crippen MR) is 159 cm³/mol. The molecule has 242 valence electrons. The maximum absolute atomic E-state index is 15.0. The van der Waals surface area contributed by atoms with E-state index in [1.165, 1.54) is 18.2 Å². The second-order valence-corrected chi connectivity index (χ2v) is 12.2. The molecular weight excluding hydrogens is 594 g/mol. The number of halogens is 6. The Kier molecular flexibility index (Phi) is 10.4. The summed E-state index contributed by atoms with van der Waals surface area (Å²) in [5.74, 6) is -8.06. The summed E-state index contributed by atoms with van der Waals surface area (Å²) < 4.78 is 98.6. The third-order valence-corrected chi connectivity index (χ3v) is 9.59. The Balaban J connectivity index is 1.15. The van der Waals surface area contributed by atoms with E-state index in [2.05, 4.69) is 0 Å².